The minimum absolute atomic E-state index is 0.129. The van der Waals surface area contributed by atoms with Gasteiger partial charge in [-0.15, -0.1) is 0 Å². The largest absolute Gasteiger partial charge is 0.456 e. The number of rotatable bonds is 2. The van der Waals surface area contributed by atoms with E-state index in [4.69, 9.17) is 4.42 Å². The van der Waals surface area contributed by atoms with Crippen molar-refractivity contribution >= 4 is 65.0 Å². The van der Waals surface area contributed by atoms with Crippen LogP contribution >= 0.6 is 0 Å². The average Bonchev–Trinajstić information content (AvgIpc) is 3.65. The van der Waals surface area contributed by atoms with Crippen molar-refractivity contribution in [2.24, 2.45) is 0 Å². The zero-order valence-corrected chi connectivity index (χ0v) is 27.9. The van der Waals surface area contributed by atoms with Crippen LogP contribution in [-0.2, 0) is 5.41 Å². The predicted molar refractivity (Wildman–Crippen MR) is 212 cm³/mol. The minimum atomic E-state index is -0.129. The molecule has 0 bridgehead atoms. The number of furan rings is 1. The summed E-state index contributed by atoms with van der Waals surface area (Å²) in [7, 11) is 0. The van der Waals surface area contributed by atoms with Crippen molar-refractivity contribution in [3.63, 3.8) is 0 Å². The quantitative estimate of drug-likeness (QED) is 0.136. The van der Waals surface area contributed by atoms with Crippen LogP contribution in [0.4, 0.5) is 0 Å². The highest BCUT2D eigenvalue weighted by atomic mass is 16.3. The number of hydrogen-bond donors (Lipinski definition) is 0. The second kappa shape index (κ2) is 9.94. The summed E-state index contributed by atoms with van der Waals surface area (Å²) in [4.78, 5) is 0. The highest BCUT2D eigenvalue weighted by molar-refractivity contribution is 6.23. The van der Waals surface area contributed by atoms with Crippen molar-refractivity contribution in [1.82, 2.24) is 0 Å². The molecule has 1 heteroatoms. The molecule has 11 rings (SSSR count). The maximum atomic E-state index is 6.38. The molecule has 0 atom stereocenters. The summed E-state index contributed by atoms with van der Waals surface area (Å²) in [6, 6.07) is 58.1. The summed E-state index contributed by atoms with van der Waals surface area (Å²) in [5, 5.41) is 12.6. The molecule has 0 saturated heterocycles. The standard InChI is InChI=1S/C49H32O/c1-49(2)42-26-24-29(27-41(42)47-35-16-5-3-13-31(35)32-14-4-10-21-40(32)48(47)49)45-36-17-6-8-19-38(36)46(39-20-9-7-18-37(39)45)30-23-25-34-33-15-11-12-22-43(33)50-44(34)28-30/h3-28H,1-2H3. The minimum Gasteiger partial charge on any atom is -0.456 e. The summed E-state index contributed by atoms with van der Waals surface area (Å²) in [6.45, 7) is 4.80. The van der Waals surface area contributed by atoms with E-state index in [2.05, 4.69) is 166 Å². The van der Waals surface area contributed by atoms with Crippen LogP contribution in [0.25, 0.3) is 98.4 Å². The van der Waals surface area contributed by atoms with Gasteiger partial charge in [0.2, 0.25) is 0 Å². The van der Waals surface area contributed by atoms with E-state index in [9.17, 15) is 0 Å². The number of fused-ring (bicyclic) bond motifs is 13. The molecule has 0 aliphatic heterocycles. The van der Waals surface area contributed by atoms with Crippen LogP contribution in [0.2, 0.25) is 0 Å². The predicted octanol–water partition coefficient (Wildman–Crippen LogP) is 13.8. The number of benzene rings is 9. The van der Waals surface area contributed by atoms with E-state index < -0.39 is 0 Å². The van der Waals surface area contributed by atoms with Gasteiger partial charge in [-0.2, -0.15) is 0 Å². The Labute approximate surface area is 290 Å². The van der Waals surface area contributed by atoms with Crippen LogP contribution < -0.4 is 0 Å². The molecule has 0 radical (unpaired) electrons. The van der Waals surface area contributed by atoms with Crippen molar-refractivity contribution in [2.45, 2.75) is 19.3 Å². The monoisotopic (exact) mass is 636 g/mol. The smallest absolute Gasteiger partial charge is 0.136 e. The van der Waals surface area contributed by atoms with Gasteiger partial charge in [-0.05, 0) is 112 Å². The molecule has 0 N–H and O–H groups in total. The van der Waals surface area contributed by atoms with Crippen molar-refractivity contribution in [3.05, 3.63) is 169 Å². The van der Waals surface area contributed by atoms with Gasteiger partial charge in [-0.1, -0.05) is 147 Å². The topological polar surface area (TPSA) is 13.1 Å². The first-order valence-electron chi connectivity index (χ1n) is 17.5. The maximum Gasteiger partial charge on any atom is 0.136 e. The molecule has 1 nitrogen and oxygen atoms in total. The molecular formula is C49H32O. The molecule has 1 aliphatic carbocycles. The molecule has 0 amide bonds. The van der Waals surface area contributed by atoms with E-state index in [-0.39, 0.29) is 5.41 Å². The van der Waals surface area contributed by atoms with E-state index in [1.165, 1.54) is 87.6 Å². The van der Waals surface area contributed by atoms with Crippen molar-refractivity contribution in [2.75, 3.05) is 0 Å². The fraction of sp³-hybridized carbons (Fsp3) is 0.0612. The Bertz CT molecular complexity index is 3010. The van der Waals surface area contributed by atoms with Crippen LogP contribution in [0.1, 0.15) is 25.0 Å². The Morgan fingerprint density at radius 2 is 0.800 bits per heavy atom. The summed E-state index contributed by atoms with van der Waals surface area (Å²) in [6.07, 6.45) is 0. The van der Waals surface area contributed by atoms with E-state index in [1.807, 2.05) is 6.07 Å². The van der Waals surface area contributed by atoms with Gasteiger partial charge in [0.05, 0.1) is 0 Å². The van der Waals surface area contributed by atoms with Crippen LogP contribution in [-0.4, -0.2) is 0 Å². The highest BCUT2D eigenvalue weighted by Crippen LogP contribution is 2.56. The molecule has 234 valence electrons. The average molecular weight is 637 g/mol. The van der Waals surface area contributed by atoms with Gasteiger partial charge in [0.1, 0.15) is 11.2 Å². The fourth-order valence-electron chi connectivity index (χ4n) is 9.29. The zero-order valence-electron chi connectivity index (χ0n) is 27.9. The Hall–Kier alpha value is -6.18. The van der Waals surface area contributed by atoms with Crippen LogP contribution in [0.15, 0.2) is 162 Å². The van der Waals surface area contributed by atoms with Gasteiger partial charge in [0.15, 0.2) is 0 Å². The highest BCUT2D eigenvalue weighted by Gasteiger charge is 2.38. The first kappa shape index (κ1) is 27.7. The van der Waals surface area contributed by atoms with Gasteiger partial charge >= 0.3 is 0 Å². The molecule has 0 saturated carbocycles. The van der Waals surface area contributed by atoms with Crippen molar-refractivity contribution in [1.29, 1.82) is 0 Å². The first-order chi connectivity index (χ1) is 24.6. The molecule has 1 aromatic heterocycles. The number of hydrogen-bond acceptors (Lipinski definition) is 1. The Morgan fingerprint density at radius 3 is 1.42 bits per heavy atom. The zero-order chi connectivity index (χ0) is 33.1. The lowest BCUT2D eigenvalue weighted by Crippen LogP contribution is -2.15. The molecule has 10 aromatic rings. The lowest BCUT2D eigenvalue weighted by atomic mass is 9.79. The second-order valence-corrected chi connectivity index (χ2v) is 14.4. The van der Waals surface area contributed by atoms with Gasteiger partial charge < -0.3 is 4.42 Å². The SMILES string of the molecule is CC1(C)c2ccc(-c3c4ccccc4c(-c4ccc5c(c4)oc4ccccc45)c4ccccc34)cc2-c2c1c1ccccc1c1ccccc21. The van der Waals surface area contributed by atoms with Crippen molar-refractivity contribution < 1.29 is 4.42 Å². The van der Waals surface area contributed by atoms with Crippen LogP contribution in [0.5, 0.6) is 0 Å². The Balaban J connectivity index is 1.20. The summed E-state index contributed by atoms with van der Waals surface area (Å²) >= 11 is 0. The molecule has 0 fully saturated rings. The fourth-order valence-corrected chi connectivity index (χ4v) is 9.29. The van der Waals surface area contributed by atoms with Gasteiger partial charge in [0.25, 0.3) is 0 Å². The second-order valence-electron chi connectivity index (χ2n) is 14.4. The molecule has 1 aliphatic rings. The summed E-state index contributed by atoms with van der Waals surface area (Å²) in [5.74, 6) is 0. The Morgan fingerprint density at radius 1 is 0.360 bits per heavy atom. The lowest BCUT2D eigenvalue weighted by Gasteiger charge is -2.24. The van der Waals surface area contributed by atoms with Crippen LogP contribution in [0, 0.1) is 0 Å². The van der Waals surface area contributed by atoms with Gasteiger partial charge in [-0.25, -0.2) is 0 Å². The van der Waals surface area contributed by atoms with E-state index in [0.29, 0.717) is 0 Å². The van der Waals surface area contributed by atoms with E-state index >= 15 is 0 Å². The third-order valence-electron chi connectivity index (χ3n) is 11.4. The van der Waals surface area contributed by atoms with E-state index in [1.54, 1.807) is 0 Å². The Kier molecular flexibility index (Phi) is 5.51. The van der Waals surface area contributed by atoms with Gasteiger partial charge in [0, 0.05) is 16.2 Å². The normalized spacial score (nSPS) is 13.6. The molecule has 0 spiro atoms. The molecule has 50 heavy (non-hydrogen) atoms. The maximum absolute atomic E-state index is 6.38. The van der Waals surface area contributed by atoms with Crippen LogP contribution in [0.3, 0.4) is 0 Å². The third-order valence-corrected chi connectivity index (χ3v) is 11.4. The van der Waals surface area contributed by atoms with Crippen molar-refractivity contribution in [3.8, 4) is 33.4 Å². The number of para-hydroxylation sites is 1. The summed E-state index contributed by atoms with van der Waals surface area (Å²) < 4.78 is 6.38. The molecule has 1 heterocycles. The summed E-state index contributed by atoms with van der Waals surface area (Å²) in [5.41, 5.74) is 12.2. The van der Waals surface area contributed by atoms with Gasteiger partial charge in [-0.3, -0.25) is 0 Å². The molecular weight excluding hydrogens is 605 g/mol. The van der Waals surface area contributed by atoms with E-state index in [0.717, 1.165) is 21.9 Å². The lowest BCUT2D eigenvalue weighted by molar-refractivity contribution is 0.666. The molecule has 0 unspecified atom stereocenters. The third kappa shape index (κ3) is 3.62. The first-order valence-corrected chi connectivity index (χ1v) is 17.5. The molecule has 9 aromatic carbocycles.